The van der Waals surface area contributed by atoms with Crippen LogP contribution < -0.4 is 11.1 Å². The van der Waals surface area contributed by atoms with Crippen molar-refractivity contribution < 1.29 is 4.79 Å². The van der Waals surface area contributed by atoms with Crippen LogP contribution >= 0.6 is 11.8 Å². The van der Waals surface area contributed by atoms with Crippen LogP contribution in [0.4, 0.5) is 5.69 Å². The van der Waals surface area contributed by atoms with Gasteiger partial charge in [0.15, 0.2) is 5.17 Å². The number of nitrogens with one attached hydrogen (secondary N) is 1. The van der Waals surface area contributed by atoms with Gasteiger partial charge in [0.1, 0.15) is 5.69 Å². The number of carbonyl (C=O) groups excluding carboxylic acids is 1. The summed E-state index contributed by atoms with van der Waals surface area (Å²) in [6, 6.07) is 13.3. The molecule has 1 aliphatic carbocycles. The lowest BCUT2D eigenvalue weighted by molar-refractivity contribution is 0.102. The number of anilines is 1. The summed E-state index contributed by atoms with van der Waals surface area (Å²) in [5.74, 6) is 1.31. The highest BCUT2D eigenvalue weighted by molar-refractivity contribution is 8.13. The molecule has 1 aromatic carbocycles. The fourth-order valence-corrected chi connectivity index (χ4v) is 4.89. The number of hydrogen-bond donors (Lipinski definition) is 2. The van der Waals surface area contributed by atoms with Crippen LogP contribution in [0.1, 0.15) is 42.7 Å². The maximum atomic E-state index is 12.4. The first kappa shape index (κ1) is 18.5. The Morgan fingerprint density at radius 2 is 2.15 bits per heavy atom. The fraction of sp³-hybridized carbons (Fsp3) is 0.350. The summed E-state index contributed by atoms with van der Waals surface area (Å²) in [5, 5.41) is 3.61. The number of nitrogens with two attached hydrogens (primary N) is 1. The molecule has 1 fully saturated rings. The Kier molecular flexibility index (Phi) is 5.32. The van der Waals surface area contributed by atoms with Crippen LogP contribution in [-0.2, 0) is 5.54 Å². The van der Waals surface area contributed by atoms with Gasteiger partial charge in [0.05, 0.1) is 5.54 Å². The van der Waals surface area contributed by atoms with E-state index in [1.807, 2.05) is 18.2 Å². The molecule has 0 bridgehead atoms. The van der Waals surface area contributed by atoms with Gasteiger partial charge in [-0.3, -0.25) is 14.8 Å². The molecule has 1 aliphatic heterocycles. The minimum absolute atomic E-state index is 0. The first-order chi connectivity index (χ1) is 12.2. The van der Waals surface area contributed by atoms with E-state index in [1.54, 1.807) is 36.2 Å². The first-order valence-electron chi connectivity index (χ1n) is 8.48. The van der Waals surface area contributed by atoms with Crippen LogP contribution in [0.3, 0.4) is 0 Å². The Hall–Kier alpha value is -2.34. The van der Waals surface area contributed by atoms with Gasteiger partial charge in [-0.15, -0.1) is 0 Å². The van der Waals surface area contributed by atoms with Crippen molar-refractivity contribution in [2.24, 2.45) is 16.6 Å². The third-order valence-corrected chi connectivity index (χ3v) is 6.00. The van der Waals surface area contributed by atoms with Gasteiger partial charge in [0, 0.05) is 17.6 Å². The molecule has 1 aromatic heterocycles. The van der Waals surface area contributed by atoms with Crippen LogP contribution in [-0.4, -0.2) is 21.8 Å². The molecule has 3 N–H and O–H groups in total. The van der Waals surface area contributed by atoms with E-state index < -0.39 is 0 Å². The molecule has 4 rings (SSSR count). The van der Waals surface area contributed by atoms with Gasteiger partial charge in [0.25, 0.3) is 5.91 Å². The first-order valence-corrected chi connectivity index (χ1v) is 9.47. The molecule has 6 heteroatoms. The maximum absolute atomic E-state index is 12.4. The number of aliphatic imine (C=N–C) groups is 1. The molecule has 2 aromatic rings. The summed E-state index contributed by atoms with van der Waals surface area (Å²) in [5.41, 5.74) is 8.11. The van der Waals surface area contributed by atoms with Crippen molar-refractivity contribution in [2.75, 3.05) is 11.1 Å². The number of carbonyl (C=O) groups is 1. The highest BCUT2D eigenvalue weighted by Crippen LogP contribution is 2.50. The summed E-state index contributed by atoms with van der Waals surface area (Å²) in [7, 11) is 0. The third kappa shape index (κ3) is 3.33. The smallest absolute Gasteiger partial charge is 0.274 e. The molecule has 136 valence electrons. The second-order valence-electron chi connectivity index (χ2n) is 6.52. The van der Waals surface area contributed by atoms with Crippen LogP contribution in [0.25, 0.3) is 0 Å². The zero-order chi connectivity index (χ0) is 17.3. The van der Waals surface area contributed by atoms with E-state index in [-0.39, 0.29) is 18.9 Å². The average molecular weight is 369 g/mol. The minimum Gasteiger partial charge on any atom is -0.379 e. The van der Waals surface area contributed by atoms with E-state index in [0.717, 1.165) is 29.8 Å². The third-order valence-electron chi connectivity index (χ3n) is 5.05. The number of amides is 1. The van der Waals surface area contributed by atoms with Gasteiger partial charge in [0.2, 0.25) is 0 Å². The number of hydrogen-bond acceptors (Lipinski definition) is 5. The van der Waals surface area contributed by atoms with E-state index in [0.29, 0.717) is 16.8 Å². The van der Waals surface area contributed by atoms with Crippen molar-refractivity contribution in [1.29, 1.82) is 0 Å². The molecule has 2 atom stereocenters. The van der Waals surface area contributed by atoms with Crippen molar-refractivity contribution in [3.05, 3.63) is 59.9 Å². The number of benzene rings is 1. The standard InChI is InChI=1S/C19H20N4OS.CH4/c20-18-23-19(9-4-6-14(19)12-25-18)13-5-3-7-15(11-13)22-17(24)16-8-1-2-10-21-16;/h1-3,5,7-8,10-11,14H,4,6,9,12H2,(H2,20,23)(H,22,24);1H4/t14-,19+;/m0./s1. The number of thioether (sulfide) groups is 1. The number of pyridine rings is 1. The van der Waals surface area contributed by atoms with Gasteiger partial charge in [-0.2, -0.15) is 0 Å². The molecule has 2 aliphatic rings. The monoisotopic (exact) mass is 368 g/mol. The van der Waals surface area contributed by atoms with Gasteiger partial charge in [-0.05, 0) is 48.6 Å². The quantitative estimate of drug-likeness (QED) is 0.857. The summed E-state index contributed by atoms with van der Waals surface area (Å²) in [6.07, 6.45) is 4.96. The summed E-state index contributed by atoms with van der Waals surface area (Å²) < 4.78 is 0. The van der Waals surface area contributed by atoms with E-state index in [4.69, 9.17) is 10.7 Å². The molecule has 1 amide bonds. The number of nitrogens with zero attached hydrogens (tertiary/aromatic N) is 2. The maximum Gasteiger partial charge on any atom is 0.274 e. The van der Waals surface area contributed by atoms with Crippen LogP contribution in [0, 0.1) is 5.92 Å². The lowest BCUT2D eigenvalue weighted by Gasteiger charge is -2.36. The Balaban J connectivity index is 0.00000196. The van der Waals surface area contributed by atoms with Crippen LogP contribution in [0.2, 0.25) is 0 Å². The summed E-state index contributed by atoms with van der Waals surface area (Å²) in [4.78, 5) is 21.3. The van der Waals surface area contributed by atoms with Crippen LogP contribution in [0.5, 0.6) is 0 Å². The van der Waals surface area contributed by atoms with E-state index >= 15 is 0 Å². The zero-order valence-corrected chi connectivity index (χ0v) is 14.6. The predicted molar refractivity (Wildman–Crippen MR) is 108 cm³/mol. The van der Waals surface area contributed by atoms with E-state index in [9.17, 15) is 4.79 Å². The molecular weight excluding hydrogens is 344 g/mol. The van der Waals surface area contributed by atoms with Crippen molar-refractivity contribution >= 4 is 28.5 Å². The fourth-order valence-electron chi connectivity index (χ4n) is 3.85. The molecule has 1 saturated carbocycles. The Labute approximate surface area is 158 Å². The van der Waals surface area contributed by atoms with Crippen molar-refractivity contribution in [3.8, 4) is 0 Å². The van der Waals surface area contributed by atoms with Gasteiger partial charge in [-0.1, -0.05) is 43.8 Å². The molecule has 0 saturated heterocycles. The zero-order valence-electron chi connectivity index (χ0n) is 13.8. The average Bonchev–Trinajstić information content (AvgIpc) is 3.07. The van der Waals surface area contributed by atoms with E-state index in [2.05, 4.69) is 16.4 Å². The predicted octanol–water partition coefficient (Wildman–Crippen LogP) is 4.03. The Bertz CT molecular complexity index is 824. The number of amidine groups is 1. The summed E-state index contributed by atoms with van der Waals surface area (Å²) >= 11 is 1.65. The molecule has 5 nitrogen and oxygen atoms in total. The molecular formula is C20H24N4OS. The minimum atomic E-state index is -0.235. The topological polar surface area (TPSA) is 80.4 Å². The number of aromatic nitrogens is 1. The summed E-state index contributed by atoms with van der Waals surface area (Å²) in [6.45, 7) is 0. The SMILES string of the molecule is C.NC1=N[C@@]2(c3cccc(NC(=O)c4ccccn4)c3)CCC[C@H]2CS1. The van der Waals surface area contributed by atoms with Gasteiger partial charge < -0.3 is 11.1 Å². The largest absolute Gasteiger partial charge is 0.379 e. The second kappa shape index (κ2) is 7.50. The molecule has 0 spiro atoms. The molecule has 26 heavy (non-hydrogen) atoms. The number of rotatable bonds is 3. The molecule has 2 heterocycles. The van der Waals surface area contributed by atoms with Crippen molar-refractivity contribution in [1.82, 2.24) is 4.98 Å². The highest BCUT2D eigenvalue weighted by Gasteiger charge is 2.46. The highest BCUT2D eigenvalue weighted by atomic mass is 32.2. The lowest BCUT2D eigenvalue weighted by atomic mass is 9.81. The van der Waals surface area contributed by atoms with Gasteiger partial charge in [-0.25, -0.2) is 0 Å². The normalized spacial score (nSPS) is 24.2. The number of fused-ring (bicyclic) bond motifs is 1. The lowest BCUT2D eigenvalue weighted by Crippen LogP contribution is -2.36. The van der Waals surface area contributed by atoms with E-state index in [1.165, 1.54) is 6.42 Å². The van der Waals surface area contributed by atoms with Crippen molar-refractivity contribution in [2.45, 2.75) is 32.2 Å². The molecule has 0 unspecified atom stereocenters. The van der Waals surface area contributed by atoms with Gasteiger partial charge >= 0.3 is 0 Å². The van der Waals surface area contributed by atoms with Crippen molar-refractivity contribution in [3.63, 3.8) is 0 Å². The molecule has 0 radical (unpaired) electrons. The Morgan fingerprint density at radius 1 is 1.27 bits per heavy atom. The second-order valence-corrected chi connectivity index (χ2v) is 7.56. The van der Waals surface area contributed by atoms with Crippen LogP contribution in [0.15, 0.2) is 53.7 Å². The Morgan fingerprint density at radius 3 is 2.96 bits per heavy atom.